The van der Waals surface area contributed by atoms with Gasteiger partial charge < -0.3 is 11.2 Å². The lowest BCUT2D eigenvalue weighted by Gasteiger charge is -2.05. The largest absolute Gasteiger partial charge is 0.396 e. The first-order valence-electron chi connectivity index (χ1n) is 8.95. The molecule has 0 aliphatic carbocycles. The standard InChI is InChI=1S/C16H18Cl2N4.C4H8.CH3NS/c1-4-11(2)16-13(8-20-19-3)10-22(21-16)9-12-5-6-14(17)7-15(12)18;1-3-4-2;2-1-3/h4-8,10,19H,9H2,1-3H3;3-4H,1-2H3;1H,(H2,2,3)/b11-4+,20-8+;4-3-;. The van der Waals surface area contributed by atoms with Crippen LogP contribution in [0.2, 0.25) is 10.0 Å². The molecule has 0 bridgehead atoms. The van der Waals surface area contributed by atoms with Crippen LogP contribution in [0, 0.1) is 0 Å². The van der Waals surface area contributed by atoms with Gasteiger partial charge in [0.15, 0.2) is 0 Å². The van der Waals surface area contributed by atoms with E-state index >= 15 is 0 Å². The summed E-state index contributed by atoms with van der Waals surface area (Å²) in [4.78, 5) is 0. The average molecular weight is 454 g/mol. The number of benzene rings is 1. The zero-order valence-electron chi connectivity index (χ0n) is 17.5. The van der Waals surface area contributed by atoms with Crippen LogP contribution in [0.3, 0.4) is 0 Å². The molecule has 0 fully saturated rings. The Morgan fingerprint density at radius 1 is 1.28 bits per heavy atom. The van der Waals surface area contributed by atoms with Gasteiger partial charge in [0.05, 0.1) is 23.9 Å². The van der Waals surface area contributed by atoms with Crippen LogP contribution in [-0.2, 0) is 6.54 Å². The summed E-state index contributed by atoms with van der Waals surface area (Å²) in [6.45, 7) is 8.59. The molecule has 2 rings (SSSR count). The van der Waals surface area contributed by atoms with Crippen molar-refractivity contribution in [2.75, 3.05) is 7.05 Å². The van der Waals surface area contributed by atoms with E-state index in [2.05, 4.69) is 33.6 Å². The molecule has 3 N–H and O–H groups in total. The van der Waals surface area contributed by atoms with E-state index in [0.717, 1.165) is 27.9 Å². The summed E-state index contributed by atoms with van der Waals surface area (Å²) in [6.07, 6.45) is 9.74. The lowest BCUT2D eigenvalue weighted by atomic mass is 10.1. The molecule has 0 amide bonds. The molecule has 0 aliphatic heterocycles. The Kier molecular flexibility index (Phi) is 14.6. The van der Waals surface area contributed by atoms with Gasteiger partial charge in [0, 0.05) is 28.9 Å². The Labute approximate surface area is 189 Å². The van der Waals surface area contributed by atoms with Gasteiger partial charge in [0.25, 0.3) is 0 Å². The molecule has 0 spiro atoms. The molecule has 1 heterocycles. The molecule has 1 aromatic heterocycles. The number of rotatable bonds is 5. The Hall–Kier alpha value is -2.15. The molecule has 1 aromatic carbocycles. The van der Waals surface area contributed by atoms with Crippen LogP contribution in [0.5, 0.6) is 0 Å². The normalized spacial score (nSPS) is 10.9. The zero-order chi connectivity index (χ0) is 22.2. The fourth-order valence-corrected chi connectivity index (χ4v) is 2.48. The van der Waals surface area contributed by atoms with Gasteiger partial charge in [-0.15, -0.1) is 0 Å². The minimum Gasteiger partial charge on any atom is -0.396 e. The Morgan fingerprint density at radius 3 is 2.38 bits per heavy atom. The van der Waals surface area contributed by atoms with Crippen molar-refractivity contribution in [1.29, 1.82) is 0 Å². The van der Waals surface area contributed by atoms with Crippen LogP contribution >= 0.6 is 35.4 Å². The van der Waals surface area contributed by atoms with E-state index in [-0.39, 0.29) is 0 Å². The highest BCUT2D eigenvalue weighted by Crippen LogP contribution is 2.23. The summed E-state index contributed by atoms with van der Waals surface area (Å²) in [7, 11) is 1.76. The quantitative estimate of drug-likeness (QED) is 0.263. The summed E-state index contributed by atoms with van der Waals surface area (Å²) >= 11 is 16.2. The van der Waals surface area contributed by atoms with Gasteiger partial charge in [-0.3, -0.25) is 4.68 Å². The molecular weight excluding hydrogens is 425 g/mol. The Morgan fingerprint density at radius 2 is 1.90 bits per heavy atom. The van der Waals surface area contributed by atoms with Gasteiger partial charge in [0.2, 0.25) is 0 Å². The summed E-state index contributed by atoms with van der Waals surface area (Å²) < 4.78 is 1.86. The highest BCUT2D eigenvalue weighted by atomic mass is 35.5. The van der Waals surface area contributed by atoms with E-state index in [1.54, 1.807) is 19.3 Å². The SMILES string of the molecule is C/C=C(\C)c1nn(Cc2ccc(Cl)cc2Cl)cc1/C=N/NC.C/C=C\C.NC=S. The van der Waals surface area contributed by atoms with Crippen LogP contribution in [0.25, 0.3) is 5.57 Å². The minimum atomic E-state index is 0.577. The number of halogens is 2. The van der Waals surface area contributed by atoms with Crippen molar-refractivity contribution >= 4 is 52.7 Å². The van der Waals surface area contributed by atoms with Gasteiger partial charge in [-0.05, 0) is 51.0 Å². The molecule has 5 nitrogen and oxygen atoms in total. The van der Waals surface area contributed by atoms with Crippen molar-refractivity contribution in [3.05, 3.63) is 69.5 Å². The number of nitrogens with one attached hydrogen (secondary N) is 1. The summed E-state index contributed by atoms with van der Waals surface area (Å²) in [5.74, 6) is 0. The summed E-state index contributed by atoms with van der Waals surface area (Å²) in [6, 6.07) is 5.48. The topological polar surface area (TPSA) is 68.2 Å². The maximum absolute atomic E-state index is 6.23. The van der Waals surface area contributed by atoms with Crippen molar-refractivity contribution in [3.8, 4) is 0 Å². The average Bonchev–Trinajstić information content (AvgIpc) is 3.11. The van der Waals surface area contributed by atoms with E-state index in [9.17, 15) is 0 Å². The van der Waals surface area contributed by atoms with Gasteiger partial charge >= 0.3 is 0 Å². The van der Waals surface area contributed by atoms with E-state index < -0.39 is 0 Å². The Balaban J connectivity index is 0.000000975. The highest BCUT2D eigenvalue weighted by Gasteiger charge is 2.10. The third-order valence-electron chi connectivity index (χ3n) is 3.61. The fourth-order valence-electron chi connectivity index (χ4n) is 2.01. The molecule has 0 saturated heterocycles. The van der Waals surface area contributed by atoms with Gasteiger partial charge in [-0.2, -0.15) is 10.2 Å². The number of hydrogen-bond donors (Lipinski definition) is 2. The van der Waals surface area contributed by atoms with Gasteiger partial charge in [-0.1, -0.05) is 59.7 Å². The maximum Gasteiger partial charge on any atom is 0.0965 e. The molecule has 158 valence electrons. The minimum absolute atomic E-state index is 0.577. The molecule has 0 unspecified atom stereocenters. The van der Waals surface area contributed by atoms with Crippen LogP contribution in [-0.4, -0.2) is 28.5 Å². The highest BCUT2D eigenvalue weighted by molar-refractivity contribution is 7.78. The van der Waals surface area contributed by atoms with E-state index in [1.165, 1.54) is 0 Å². The Bertz CT molecular complexity index is 838. The van der Waals surface area contributed by atoms with E-state index in [0.29, 0.717) is 16.6 Å². The molecule has 29 heavy (non-hydrogen) atoms. The third-order valence-corrected chi connectivity index (χ3v) is 4.20. The number of hydrazone groups is 1. The first kappa shape index (κ1) is 26.9. The van der Waals surface area contributed by atoms with E-state index in [4.69, 9.17) is 23.2 Å². The second kappa shape index (κ2) is 15.7. The zero-order valence-corrected chi connectivity index (χ0v) is 19.8. The van der Waals surface area contributed by atoms with Gasteiger partial charge in [-0.25, -0.2) is 0 Å². The molecule has 0 aliphatic rings. The first-order chi connectivity index (χ1) is 13.9. The summed E-state index contributed by atoms with van der Waals surface area (Å²) in [5.41, 5.74) is 12.3. The molecule has 8 heteroatoms. The van der Waals surface area contributed by atoms with Crippen LogP contribution < -0.4 is 11.2 Å². The smallest absolute Gasteiger partial charge is 0.0965 e. The lowest BCUT2D eigenvalue weighted by molar-refractivity contribution is 0.684. The second-order valence-electron chi connectivity index (χ2n) is 5.62. The maximum atomic E-state index is 6.23. The van der Waals surface area contributed by atoms with Gasteiger partial charge in [0.1, 0.15) is 0 Å². The van der Waals surface area contributed by atoms with Crippen molar-refractivity contribution in [1.82, 2.24) is 15.2 Å². The first-order valence-corrected chi connectivity index (χ1v) is 10.2. The second-order valence-corrected chi connectivity index (χ2v) is 6.74. The monoisotopic (exact) mass is 453 g/mol. The van der Waals surface area contributed by atoms with Crippen LogP contribution in [0.1, 0.15) is 44.5 Å². The fraction of sp³-hybridized carbons (Fsp3) is 0.286. The number of hydrogen-bond acceptors (Lipinski definition) is 4. The van der Waals surface area contributed by atoms with E-state index in [1.807, 2.05) is 68.9 Å². The molecule has 0 saturated carbocycles. The number of aromatic nitrogens is 2. The van der Waals surface area contributed by atoms with Crippen molar-refractivity contribution in [2.24, 2.45) is 10.8 Å². The molecule has 2 aromatic rings. The lowest BCUT2D eigenvalue weighted by Crippen LogP contribution is -2.01. The predicted molar refractivity (Wildman–Crippen MR) is 132 cm³/mol. The van der Waals surface area contributed by atoms with Crippen molar-refractivity contribution in [3.63, 3.8) is 0 Å². The van der Waals surface area contributed by atoms with Crippen LogP contribution in [0.4, 0.5) is 0 Å². The molecule has 0 radical (unpaired) electrons. The number of nitrogens with two attached hydrogens (primary N) is 1. The summed E-state index contributed by atoms with van der Waals surface area (Å²) in [5, 5.41) is 9.96. The number of allylic oxidation sites excluding steroid dienone is 4. The number of thiocarbonyl (C=S) groups is 1. The molecule has 0 atom stereocenters. The van der Waals surface area contributed by atoms with Crippen molar-refractivity contribution in [2.45, 2.75) is 34.2 Å². The van der Waals surface area contributed by atoms with Crippen LogP contribution in [0.15, 0.2) is 47.7 Å². The number of nitrogens with zero attached hydrogens (tertiary/aromatic N) is 3. The van der Waals surface area contributed by atoms with Crippen molar-refractivity contribution < 1.29 is 0 Å². The third kappa shape index (κ3) is 10.3. The molecular formula is C21H29Cl2N5S. The predicted octanol–water partition coefficient (Wildman–Crippen LogP) is 5.70.